The van der Waals surface area contributed by atoms with Crippen molar-refractivity contribution in [3.05, 3.63) is 59.2 Å². The van der Waals surface area contributed by atoms with Crippen LogP contribution in [-0.4, -0.2) is 49.2 Å². The van der Waals surface area contributed by atoms with Crippen LogP contribution in [0.15, 0.2) is 42.5 Å². The molecule has 0 heterocycles. The smallest absolute Gasteiger partial charge is 0.311 e. The van der Waals surface area contributed by atoms with E-state index in [2.05, 4.69) is 50.4 Å². The topological polar surface area (TPSA) is 128 Å². The van der Waals surface area contributed by atoms with Crippen LogP contribution < -0.4 is 14.8 Å². The first-order chi connectivity index (χ1) is 19.1. The molecule has 41 heavy (non-hydrogen) atoms. The lowest BCUT2D eigenvalue weighted by atomic mass is 9.86. The average molecular weight is 570 g/mol. The van der Waals surface area contributed by atoms with Crippen LogP contribution >= 0.6 is 0 Å². The van der Waals surface area contributed by atoms with Crippen molar-refractivity contribution in [1.29, 1.82) is 0 Å². The van der Waals surface area contributed by atoms with Crippen LogP contribution in [-0.2, 0) is 42.2 Å². The maximum absolute atomic E-state index is 12.8. The van der Waals surface area contributed by atoms with Gasteiger partial charge in [0.1, 0.15) is 0 Å². The fraction of sp³-hybridized carbons (Fsp3) is 0.500. The predicted octanol–water partition coefficient (Wildman–Crippen LogP) is 4.87. The Labute approximate surface area is 242 Å². The van der Waals surface area contributed by atoms with Crippen LogP contribution in [0.1, 0.15) is 71.1 Å². The van der Waals surface area contributed by atoms with Gasteiger partial charge in [0.05, 0.1) is 38.4 Å². The molecule has 0 bridgehead atoms. The molecular formula is C32H43NO8. The highest BCUT2D eigenvalue weighted by molar-refractivity contribution is 5.80. The van der Waals surface area contributed by atoms with Crippen LogP contribution in [0.4, 0.5) is 0 Å². The van der Waals surface area contributed by atoms with Gasteiger partial charge in [-0.25, -0.2) is 0 Å². The van der Waals surface area contributed by atoms with Crippen LogP contribution in [0.5, 0.6) is 11.5 Å². The predicted molar refractivity (Wildman–Crippen MR) is 155 cm³/mol. The minimum absolute atomic E-state index is 0.0387. The molecule has 2 aromatic rings. The van der Waals surface area contributed by atoms with E-state index in [9.17, 15) is 19.2 Å². The fourth-order valence-electron chi connectivity index (χ4n) is 3.87. The van der Waals surface area contributed by atoms with Gasteiger partial charge in [-0.3, -0.25) is 19.2 Å². The third kappa shape index (κ3) is 11.6. The maximum Gasteiger partial charge on any atom is 0.311 e. The van der Waals surface area contributed by atoms with Gasteiger partial charge in [-0.1, -0.05) is 51.1 Å². The van der Waals surface area contributed by atoms with Crippen molar-refractivity contribution in [2.45, 2.75) is 72.6 Å². The molecular weight excluding hydrogens is 526 g/mol. The summed E-state index contributed by atoms with van der Waals surface area (Å²) in [6.45, 7) is 12.4. The van der Waals surface area contributed by atoms with Gasteiger partial charge in [-0.05, 0) is 61.4 Å². The molecule has 0 fully saturated rings. The Bertz CT molecular complexity index is 1210. The van der Waals surface area contributed by atoms with Crippen LogP contribution in [0.25, 0.3) is 0 Å². The van der Waals surface area contributed by atoms with Crippen molar-refractivity contribution in [2.24, 2.45) is 11.3 Å². The molecule has 0 aliphatic rings. The summed E-state index contributed by atoms with van der Waals surface area (Å²) in [4.78, 5) is 47.8. The average Bonchev–Trinajstić information content (AvgIpc) is 2.88. The summed E-state index contributed by atoms with van der Waals surface area (Å²) in [6.07, 6.45) is 0.0733. The van der Waals surface area contributed by atoms with Gasteiger partial charge in [0.15, 0.2) is 11.5 Å². The van der Waals surface area contributed by atoms with Crippen LogP contribution in [0.2, 0.25) is 0 Å². The van der Waals surface area contributed by atoms with E-state index in [1.807, 2.05) is 0 Å². The molecule has 0 saturated carbocycles. The number of carboxylic acid groups (broad SMARTS) is 1. The Morgan fingerprint density at radius 3 is 2.07 bits per heavy atom. The number of carboxylic acids is 1. The van der Waals surface area contributed by atoms with E-state index < -0.39 is 17.4 Å². The first-order valence-electron chi connectivity index (χ1n) is 13.7. The summed E-state index contributed by atoms with van der Waals surface area (Å²) in [5.74, 6) is -2.05. The second-order valence-corrected chi connectivity index (χ2v) is 12.2. The van der Waals surface area contributed by atoms with Gasteiger partial charge in [0.25, 0.3) is 0 Å². The second kappa shape index (κ2) is 14.7. The van der Waals surface area contributed by atoms with E-state index in [1.54, 1.807) is 32.9 Å². The summed E-state index contributed by atoms with van der Waals surface area (Å²) in [5, 5.41) is 11.7. The molecule has 0 aliphatic heterocycles. The van der Waals surface area contributed by atoms with E-state index in [0.717, 1.165) is 5.56 Å². The first kappa shape index (κ1) is 33.3. The molecule has 1 atom stereocenters. The Morgan fingerprint density at radius 2 is 1.51 bits per heavy atom. The molecule has 2 aromatic carbocycles. The molecule has 1 amide bonds. The summed E-state index contributed by atoms with van der Waals surface area (Å²) in [5.41, 5.74) is 2.36. The first-order valence-corrected chi connectivity index (χ1v) is 13.7. The molecule has 1 unspecified atom stereocenters. The number of ether oxygens (including phenoxy) is 3. The lowest BCUT2D eigenvalue weighted by Crippen LogP contribution is -2.35. The van der Waals surface area contributed by atoms with Crippen molar-refractivity contribution in [3.63, 3.8) is 0 Å². The third-order valence-electron chi connectivity index (χ3n) is 6.35. The number of rotatable bonds is 13. The lowest BCUT2D eigenvalue weighted by molar-refractivity contribution is -0.154. The van der Waals surface area contributed by atoms with Gasteiger partial charge in [-0.2, -0.15) is 0 Å². The van der Waals surface area contributed by atoms with E-state index in [4.69, 9.17) is 19.3 Å². The molecule has 9 heteroatoms. The summed E-state index contributed by atoms with van der Waals surface area (Å²) in [6, 6.07) is 13.1. The molecule has 224 valence electrons. The van der Waals surface area contributed by atoms with Crippen molar-refractivity contribution < 1.29 is 38.5 Å². The molecule has 0 radical (unpaired) electrons. The Balaban J connectivity index is 2.05. The van der Waals surface area contributed by atoms with E-state index >= 15 is 0 Å². The molecule has 9 nitrogen and oxygen atoms in total. The number of carbonyl (C=O) groups is 4. The molecule has 0 saturated heterocycles. The number of amides is 1. The van der Waals surface area contributed by atoms with Crippen molar-refractivity contribution >= 4 is 23.8 Å². The van der Waals surface area contributed by atoms with E-state index in [0.29, 0.717) is 18.5 Å². The highest BCUT2D eigenvalue weighted by atomic mass is 16.6. The van der Waals surface area contributed by atoms with Crippen molar-refractivity contribution in [1.82, 2.24) is 5.32 Å². The Hall–Kier alpha value is -3.88. The second-order valence-electron chi connectivity index (χ2n) is 12.2. The summed E-state index contributed by atoms with van der Waals surface area (Å²) in [7, 11) is 1.41. The number of methoxy groups -OCH3 is 1. The summed E-state index contributed by atoms with van der Waals surface area (Å²) < 4.78 is 16.1. The van der Waals surface area contributed by atoms with Gasteiger partial charge >= 0.3 is 17.9 Å². The minimum Gasteiger partial charge on any atom is -0.493 e. The molecule has 0 aliphatic carbocycles. The molecule has 2 N–H and O–H groups in total. The number of nitrogens with one attached hydrogen (secondary N) is 1. The third-order valence-corrected chi connectivity index (χ3v) is 6.35. The zero-order valence-electron chi connectivity index (χ0n) is 25.2. The van der Waals surface area contributed by atoms with E-state index in [-0.39, 0.29) is 60.6 Å². The number of carbonyl (C=O) groups excluding carboxylic acids is 3. The number of aliphatic carboxylic acids is 1. The number of benzene rings is 2. The molecule has 2 rings (SSSR count). The zero-order chi connectivity index (χ0) is 30.8. The van der Waals surface area contributed by atoms with Gasteiger partial charge in [-0.15, -0.1) is 0 Å². The highest BCUT2D eigenvalue weighted by Gasteiger charge is 2.25. The van der Waals surface area contributed by atoms with Crippen molar-refractivity contribution in [2.75, 3.05) is 20.3 Å². The Kier molecular flexibility index (Phi) is 11.9. The Morgan fingerprint density at radius 1 is 0.878 bits per heavy atom. The maximum atomic E-state index is 12.8. The lowest BCUT2D eigenvalue weighted by Gasteiger charge is -2.23. The molecule has 0 spiro atoms. The van der Waals surface area contributed by atoms with Gasteiger partial charge < -0.3 is 24.6 Å². The van der Waals surface area contributed by atoms with Crippen molar-refractivity contribution in [3.8, 4) is 11.5 Å². The SMILES string of the molecule is COc1cc(CC(=O)NCC(COC(=O)C(C)(C)C)Cc2ccc(C(C)(C)C)cc2)ccc1OC(=O)CCC(=O)O. The largest absolute Gasteiger partial charge is 0.493 e. The van der Waals surface area contributed by atoms with Gasteiger partial charge in [0, 0.05) is 12.5 Å². The normalized spacial score (nSPS) is 12.3. The monoisotopic (exact) mass is 569 g/mol. The molecule has 0 aromatic heterocycles. The number of hydrogen-bond acceptors (Lipinski definition) is 7. The summed E-state index contributed by atoms with van der Waals surface area (Å²) >= 11 is 0. The fourth-order valence-corrected chi connectivity index (χ4v) is 3.87. The standard InChI is InChI=1S/C32H43NO8/c1-31(2,3)24-11-8-21(9-12-24)16-23(20-40-30(38)32(4,5)6)19-33-27(34)18-22-10-13-25(26(17-22)39-7)41-29(37)15-14-28(35)36/h8-13,17,23H,14-16,18-20H2,1-7H3,(H,33,34)(H,35,36). The minimum atomic E-state index is -1.09. The quantitative estimate of drug-likeness (QED) is 0.258. The number of hydrogen-bond donors (Lipinski definition) is 2. The van der Waals surface area contributed by atoms with Crippen LogP contribution in [0, 0.1) is 11.3 Å². The van der Waals surface area contributed by atoms with Crippen LogP contribution in [0.3, 0.4) is 0 Å². The zero-order valence-corrected chi connectivity index (χ0v) is 25.2. The highest BCUT2D eigenvalue weighted by Crippen LogP contribution is 2.29. The number of esters is 2. The van der Waals surface area contributed by atoms with E-state index in [1.165, 1.54) is 18.7 Å². The van der Waals surface area contributed by atoms with Gasteiger partial charge in [0.2, 0.25) is 5.91 Å².